The van der Waals surface area contributed by atoms with Crippen LogP contribution in [-0.4, -0.2) is 74.2 Å². The highest BCUT2D eigenvalue weighted by Gasteiger charge is 2.51. The number of rotatable bonds is 8. The zero-order valence-corrected chi connectivity index (χ0v) is 15.0. The molecule has 2 atom stereocenters. The molecule has 0 unspecified atom stereocenters. The van der Waals surface area contributed by atoms with Crippen molar-refractivity contribution in [3.8, 4) is 0 Å². The Hall–Kier alpha value is -2.17. The summed E-state index contributed by atoms with van der Waals surface area (Å²) in [7, 11) is -5.51. The van der Waals surface area contributed by atoms with Crippen LogP contribution in [0, 0.1) is 0 Å². The SMILES string of the molecule is NCCCONC(=O)[C@@H]1CC[C@@H]2CN1C(=O)N2OS(=O)(=O)OC(=O)C(F)(F)F. The van der Waals surface area contributed by atoms with Gasteiger partial charge in [0.25, 0.3) is 5.91 Å². The van der Waals surface area contributed by atoms with Gasteiger partial charge in [0.1, 0.15) is 6.04 Å². The van der Waals surface area contributed by atoms with Crippen LogP contribution in [0.1, 0.15) is 19.3 Å². The number of amides is 3. The Bertz CT molecular complexity index is 731. The molecule has 2 aliphatic rings. The fourth-order valence-electron chi connectivity index (χ4n) is 2.60. The molecule has 3 N–H and O–H groups in total. The molecule has 2 heterocycles. The number of halogens is 3. The largest absolute Gasteiger partial charge is 0.492 e. The Morgan fingerprint density at radius 2 is 1.96 bits per heavy atom. The first-order chi connectivity index (χ1) is 13.0. The molecule has 0 aliphatic carbocycles. The van der Waals surface area contributed by atoms with Crippen LogP contribution in [-0.2, 0) is 33.3 Å². The molecule has 2 saturated heterocycles. The quantitative estimate of drug-likeness (QED) is 0.359. The number of carbonyl (C=O) groups is 3. The lowest BCUT2D eigenvalue weighted by molar-refractivity contribution is -0.191. The molecule has 0 spiro atoms. The maximum atomic E-state index is 12.3. The summed E-state index contributed by atoms with van der Waals surface area (Å²) in [4.78, 5) is 40.9. The van der Waals surface area contributed by atoms with E-state index in [2.05, 4.69) is 13.9 Å². The molecular formula is C12H17F3N4O8S. The molecule has 0 saturated carbocycles. The van der Waals surface area contributed by atoms with Crippen molar-refractivity contribution in [2.24, 2.45) is 5.73 Å². The average Bonchev–Trinajstić information content (AvgIpc) is 2.82. The number of carbonyl (C=O) groups excluding carboxylic acids is 3. The number of nitrogens with two attached hydrogens (primary N) is 1. The Balaban J connectivity index is 1.99. The summed E-state index contributed by atoms with van der Waals surface area (Å²) in [6, 6.07) is -2.96. The van der Waals surface area contributed by atoms with Gasteiger partial charge in [0.2, 0.25) is 0 Å². The van der Waals surface area contributed by atoms with Crippen molar-refractivity contribution in [3.05, 3.63) is 0 Å². The highest BCUT2D eigenvalue weighted by atomic mass is 32.3. The van der Waals surface area contributed by atoms with E-state index in [1.165, 1.54) is 0 Å². The minimum Gasteiger partial charge on any atom is -0.330 e. The van der Waals surface area contributed by atoms with E-state index >= 15 is 0 Å². The van der Waals surface area contributed by atoms with E-state index < -0.39 is 46.6 Å². The summed E-state index contributed by atoms with van der Waals surface area (Å²) in [6.07, 6.45) is -4.87. The summed E-state index contributed by atoms with van der Waals surface area (Å²) in [5, 5.41) is 0.265. The van der Waals surface area contributed by atoms with Gasteiger partial charge in [-0.15, -0.1) is 4.28 Å². The van der Waals surface area contributed by atoms with E-state index in [1.54, 1.807) is 0 Å². The first-order valence-corrected chi connectivity index (χ1v) is 9.26. The number of nitrogens with one attached hydrogen (secondary N) is 1. The van der Waals surface area contributed by atoms with Gasteiger partial charge < -0.3 is 14.8 Å². The molecule has 0 aromatic heterocycles. The molecule has 2 aliphatic heterocycles. The van der Waals surface area contributed by atoms with E-state index in [0.29, 0.717) is 13.0 Å². The highest BCUT2D eigenvalue weighted by molar-refractivity contribution is 7.82. The number of hydrogen-bond donors (Lipinski definition) is 2. The van der Waals surface area contributed by atoms with E-state index in [1.807, 2.05) is 0 Å². The van der Waals surface area contributed by atoms with Crippen LogP contribution in [0.2, 0.25) is 0 Å². The maximum absolute atomic E-state index is 12.3. The topological polar surface area (TPSA) is 158 Å². The minimum atomic E-state index is -5.57. The summed E-state index contributed by atoms with van der Waals surface area (Å²) >= 11 is 0. The van der Waals surface area contributed by atoms with Crippen LogP contribution >= 0.6 is 0 Å². The monoisotopic (exact) mass is 434 g/mol. The molecule has 0 radical (unpaired) electrons. The Labute approximate surface area is 156 Å². The van der Waals surface area contributed by atoms with Gasteiger partial charge in [0.15, 0.2) is 0 Å². The van der Waals surface area contributed by atoms with Gasteiger partial charge >= 0.3 is 28.6 Å². The van der Waals surface area contributed by atoms with E-state index in [-0.39, 0.29) is 31.1 Å². The lowest BCUT2D eigenvalue weighted by atomic mass is 10.0. The van der Waals surface area contributed by atoms with Crippen LogP contribution in [0.5, 0.6) is 0 Å². The zero-order chi connectivity index (χ0) is 21.1. The van der Waals surface area contributed by atoms with Crippen molar-refractivity contribution in [2.75, 3.05) is 19.7 Å². The molecule has 2 bridgehead atoms. The summed E-state index contributed by atoms with van der Waals surface area (Å²) in [5.41, 5.74) is 7.40. The minimum absolute atomic E-state index is 0.103. The number of nitrogens with zero attached hydrogens (tertiary/aromatic N) is 2. The third-order valence-corrected chi connectivity index (χ3v) is 4.53. The average molecular weight is 434 g/mol. The lowest BCUT2D eigenvalue weighted by Gasteiger charge is -2.28. The zero-order valence-electron chi connectivity index (χ0n) is 14.2. The van der Waals surface area contributed by atoms with Crippen LogP contribution < -0.4 is 11.2 Å². The fraction of sp³-hybridized carbons (Fsp3) is 0.750. The van der Waals surface area contributed by atoms with E-state index in [9.17, 15) is 36.0 Å². The van der Waals surface area contributed by atoms with Gasteiger partial charge in [-0.2, -0.15) is 26.7 Å². The maximum Gasteiger partial charge on any atom is 0.492 e. The van der Waals surface area contributed by atoms with Gasteiger partial charge in [0, 0.05) is 6.54 Å². The molecule has 160 valence electrons. The molecule has 2 fully saturated rings. The van der Waals surface area contributed by atoms with Gasteiger partial charge in [0.05, 0.1) is 12.6 Å². The number of alkyl halides is 3. The number of piperidine rings is 1. The smallest absolute Gasteiger partial charge is 0.330 e. The third kappa shape index (κ3) is 5.21. The van der Waals surface area contributed by atoms with Gasteiger partial charge in [-0.3, -0.25) is 9.63 Å². The van der Waals surface area contributed by atoms with Crippen molar-refractivity contribution in [1.29, 1.82) is 0 Å². The predicted octanol–water partition coefficient (Wildman–Crippen LogP) is -1.07. The predicted molar refractivity (Wildman–Crippen MR) is 80.7 cm³/mol. The molecule has 2 rings (SSSR count). The molecule has 16 heteroatoms. The number of hydrogen-bond acceptors (Lipinski definition) is 9. The summed E-state index contributed by atoms with van der Waals surface area (Å²) < 4.78 is 66.9. The second-order valence-corrected chi connectivity index (χ2v) is 6.95. The number of urea groups is 1. The van der Waals surface area contributed by atoms with Crippen molar-refractivity contribution in [1.82, 2.24) is 15.4 Å². The van der Waals surface area contributed by atoms with Crippen LogP contribution in [0.15, 0.2) is 0 Å². The van der Waals surface area contributed by atoms with Crippen LogP contribution in [0.25, 0.3) is 0 Å². The molecule has 3 amide bonds. The van der Waals surface area contributed by atoms with Crippen molar-refractivity contribution in [2.45, 2.75) is 37.5 Å². The lowest BCUT2D eigenvalue weighted by Crippen LogP contribution is -2.49. The molecule has 12 nitrogen and oxygen atoms in total. The van der Waals surface area contributed by atoms with Gasteiger partial charge in [-0.1, -0.05) is 0 Å². The van der Waals surface area contributed by atoms with Crippen molar-refractivity contribution >= 4 is 28.3 Å². The number of fused-ring (bicyclic) bond motifs is 2. The van der Waals surface area contributed by atoms with Crippen molar-refractivity contribution < 1.29 is 49.3 Å². The molecule has 28 heavy (non-hydrogen) atoms. The second kappa shape index (κ2) is 8.46. The Kier molecular flexibility index (Phi) is 6.68. The molecular weight excluding hydrogens is 417 g/mol. The van der Waals surface area contributed by atoms with E-state index in [4.69, 9.17) is 10.6 Å². The van der Waals surface area contributed by atoms with Crippen LogP contribution in [0.3, 0.4) is 0 Å². The molecule has 0 aromatic carbocycles. The first kappa shape index (κ1) is 22.1. The Morgan fingerprint density at radius 3 is 2.57 bits per heavy atom. The summed E-state index contributed by atoms with van der Waals surface area (Å²) in [5.74, 6) is -3.69. The standard InChI is InChI=1S/C12H17F3N4O8S/c13-12(14,15)10(21)26-28(23,24)27-19-7-2-3-8(18(6-7)11(19)22)9(20)17-25-5-1-4-16/h7-8H,1-6,16H2,(H,17,20)/t7-,8+/m1/s1. The highest BCUT2D eigenvalue weighted by Crippen LogP contribution is 2.31. The summed E-state index contributed by atoms with van der Waals surface area (Å²) in [6.45, 7) is 0.358. The fourth-order valence-corrected chi connectivity index (χ4v) is 3.29. The second-order valence-electron chi connectivity index (χ2n) is 5.82. The molecule has 0 aromatic rings. The van der Waals surface area contributed by atoms with Crippen LogP contribution in [0.4, 0.5) is 18.0 Å². The third-order valence-electron chi connectivity index (χ3n) is 3.83. The number of hydroxylamine groups is 3. The normalized spacial score (nSPS) is 22.4. The first-order valence-electron chi connectivity index (χ1n) is 7.93. The van der Waals surface area contributed by atoms with E-state index in [0.717, 1.165) is 4.90 Å². The Morgan fingerprint density at radius 1 is 1.29 bits per heavy atom. The van der Waals surface area contributed by atoms with Gasteiger partial charge in [-0.25, -0.2) is 15.1 Å². The van der Waals surface area contributed by atoms with Gasteiger partial charge in [-0.05, 0) is 25.8 Å². The van der Waals surface area contributed by atoms with Crippen molar-refractivity contribution in [3.63, 3.8) is 0 Å².